The van der Waals surface area contributed by atoms with Crippen molar-refractivity contribution in [2.45, 2.75) is 39.4 Å². The summed E-state index contributed by atoms with van der Waals surface area (Å²) in [6, 6.07) is 12.2. The van der Waals surface area contributed by atoms with Crippen LogP contribution in [0.4, 0.5) is 13.2 Å². The number of pyridine rings is 1. The number of alkyl halides is 3. The molecule has 3 aromatic rings. The lowest BCUT2D eigenvalue weighted by molar-refractivity contribution is -0.137. The van der Waals surface area contributed by atoms with Crippen LogP contribution in [0.15, 0.2) is 48.5 Å². The van der Waals surface area contributed by atoms with Crippen LogP contribution in [0.3, 0.4) is 0 Å². The Morgan fingerprint density at radius 1 is 1.07 bits per heavy atom. The molecule has 0 fully saturated rings. The molecule has 1 N–H and O–H groups in total. The lowest BCUT2D eigenvalue weighted by Gasteiger charge is -2.17. The van der Waals surface area contributed by atoms with E-state index in [2.05, 4.69) is 10.3 Å². The van der Waals surface area contributed by atoms with Crippen molar-refractivity contribution in [3.05, 3.63) is 76.5 Å². The van der Waals surface area contributed by atoms with Crippen LogP contribution in [-0.2, 0) is 17.4 Å². The van der Waals surface area contributed by atoms with Crippen molar-refractivity contribution in [2.75, 3.05) is 0 Å². The highest BCUT2D eigenvalue weighted by Crippen LogP contribution is 2.30. The molecule has 0 spiro atoms. The molecule has 0 saturated carbocycles. The molecule has 0 aliphatic rings. The van der Waals surface area contributed by atoms with E-state index in [9.17, 15) is 18.0 Å². The number of aromatic nitrogens is 1. The van der Waals surface area contributed by atoms with Gasteiger partial charge in [-0.2, -0.15) is 13.2 Å². The zero-order chi connectivity index (χ0) is 20.5. The number of amides is 1. The zero-order valence-electron chi connectivity index (χ0n) is 15.9. The Morgan fingerprint density at radius 2 is 1.71 bits per heavy atom. The van der Waals surface area contributed by atoms with Crippen molar-refractivity contribution in [3.8, 4) is 0 Å². The summed E-state index contributed by atoms with van der Waals surface area (Å²) >= 11 is 0. The van der Waals surface area contributed by atoms with Crippen LogP contribution in [0.1, 0.15) is 40.9 Å². The van der Waals surface area contributed by atoms with Gasteiger partial charge in [-0.3, -0.25) is 9.78 Å². The van der Waals surface area contributed by atoms with E-state index in [-0.39, 0.29) is 12.3 Å². The molecule has 28 heavy (non-hydrogen) atoms. The number of aryl methyl sites for hydroxylation is 2. The van der Waals surface area contributed by atoms with E-state index >= 15 is 0 Å². The second-order valence-corrected chi connectivity index (χ2v) is 6.90. The molecule has 1 amide bonds. The first-order valence-corrected chi connectivity index (χ1v) is 8.98. The van der Waals surface area contributed by atoms with Crippen LogP contribution in [-0.4, -0.2) is 10.9 Å². The van der Waals surface area contributed by atoms with Crippen molar-refractivity contribution < 1.29 is 18.0 Å². The highest BCUT2D eigenvalue weighted by atomic mass is 19.4. The van der Waals surface area contributed by atoms with Crippen molar-refractivity contribution in [1.29, 1.82) is 0 Å². The number of nitrogens with one attached hydrogen (secondary N) is 1. The molecule has 6 heteroatoms. The molecule has 3 rings (SSSR count). The van der Waals surface area contributed by atoms with Gasteiger partial charge in [0.1, 0.15) is 0 Å². The number of para-hydroxylation sites is 1. The number of nitrogens with zero attached hydrogens (tertiary/aromatic N) is 1. The first-order chi connectivity index (χ1) is 13.2. The molecule has 1 heterocycles. The van der Waals surface area contributed by atoms with Gasteiger partial charge >= 0.3 is 6.18 Å². The highest BCUT2D eigenvalue weighted by Gasteiger charge is 2.30. The topological polar surface area (TPSA) is 42.0 Å². The average Bonchev–Trinajstić information content (AvgIpc) is 2.64. The smallest absolute Gasteiger partial charge is 0.349 e. The normalized spacial score (nSPS) is 12.8. The number of halogens is 3. The van der Waals surface area contributed by atoms with E-state index in [4.69, 9.17) is 0 Å². The molecular weight excluding hydrogens is 365 g/mol. The number of carbonyl (C=O) groups excluding carboxylic acids is 1. The van der Waals surface area contributed by atoms with E-state index in [0.717, 1.165) is 39.9 Å². The summed E-state index contributed by atoms with van der Waals surface area (Å²) < 4.78 is 38.1. The summed E-state index contributed by atoms with van der Waals surface area (Å²) in [6.45, 7) is 5.60. The van der Waals surface area contributed by atoms with Gasteiger partial charge < -0.3 is 5.32 Å². The van der Waals surface area contributed by atoms with Crippen molar-refractivity contribution in [3.63, 3.8) is 0 Å². The molecule has 1 atom stereocenters. The highest BCUT2D eigenvalue weighted by molar-refractivity contribution is 5.86. The largest absolute Gasteiger partial charge is 0.416 e. The first-order valence-electron chi connectivity index (χ1n) is 8.98. The Balaban J connectivity index is 1.74. The Labute approximate surface area is 161 Å². The van der Waals surface area contributed by atoms with Gasteiger partial charge in [-0.05, 0) is 55.7 Å². The van der Waals surface area contributed by atoms with Gasteiger partial charge in [-0.1, -0.05) is 30.3 Å². The van der Waals surface area contributed by atoms with Crippen LogP contribution in [0.5, 0.6) is 0 Å². The number of carbonyl (C=O) groups is 1. The molecule has 0 aliphatic heterocycles. The van der Waals surface area contributed by atoms with E-state index in [1.54, 1.807) is 6.92 Å². The SMILES string of the molecule is Cc1nc2ccccc2c(C)c1CC(=O)N[C@H](C)c1ccc(C(F)(F)F)cc1. The maximum atomic E-state index is 12.7. The van der Waals surface area contributed by atoms with E-state index < -0.39 is 17.8 Å². The second-order valence-electron chi connectivity index (χ2n) is 6.90. The molecule has 0 aliphatic carbocycles. The minimum absolute atomic E-state index is 0.167. The third-order valence-electron chi connectivity index (χ3n) is 4.94. The average molecular weight is 386 g/mol. The summed E-state index contributed by atoms with van der Waals surface area (Å²) in [5.74, 6) is -0.198. The predicted molar refractivity (Wildman–Crippen MR) is 103 cm³/mol. The van der Waals surface area contributed by atoms with Crippen LogP contribution in [0, 0.1) is 13.8 Å². The van der Waals surface area contributed by atoms with Gasteiger partial charge in [0, 0.05) is 11.1 Å². The molecule has 2 aromatic carbocycles. The number of hydrogen-bond donors (Lipinski definition) is 1. The molecule has 0 saturated heterocycles. The maximum absolute atomic E-state index is 12.7. The fourth-order valence-corrected chi connectivity index (χ4v) is 3.33. The molecule has 146 valence electrons. The Kier molecular flexibility index (Phi) is 5.40. The molecule has 0 bridgehead atoms. The summed E-state index contributed by atoms with van der Waals surface area (Å²) in [5.41, 5.74) is 3.49. The van der Waals surface area contributed by atoms with Gasteiger partial charge in [0.15, 0.2) is 0 Å². The molecule has 0 radical (unpaired) electrons. The van der Waals surface area contributed by atoms with Crippen molar-refractivity contribution in [2.24, 2.45) is 0 Å². The van der Waals surface area contributed by atoms with Crippen molar-refractivity contribution >= 4 is 16.8 Å². The molecule has 0 unspecified atom stereocenters. The number of benzene rings is 2. The van der Waals surface area contributed by atoms with E-state index in [1.807, 2.05) is 38.1 Å². The second kappa shape index (κ2) is 7.62. The van der Waals surface area contributed by atoms with Gasteiger partial charge in [0.05, 0.1) is 23.5 Å². The monoisotopic (exact) mass is 386 g/mol. The van der Waals surface area contributed by atoms with E-state index in [0.29, 0.717) is 5.56 Å². The van der Waals surface area contributed by atoms with E-state index in [1.165, 1.54) is 12.1 Å². The number of fused-ring (bicyclic) bond motifs is 1. The quantitative estimate of drug-likeness (QED) is 0.662. The van der Waals surface area contributed by atoms with Gasteiger partial charge in [-0.25, -0.2) is 0 Å². The molecular formula is C22H21F3N2O. The number of rotatable bonds is 4. The lowest BCUT2D eigenvalue weighted by Crippen LogP contribution is -2.28. The standard InChI is InChI=1S/C22H21F3N2O/c1-13-18-6-4-5-7-20(18)26-15(3)19(13)12-21(28)27-14(2)16-8-10-17(11-9-16)22(23,24)25/h4-11,14H,12H2,1-3H3,(H,27,28)/t14-/m1/s1. The Morgan fingerprint density at radius 3 is 2.36 bits per heavy atom. The minimum Gasteiger partial charge on any atom is -0.349 e. The van der Waals surface area contributed by atoms with Crippen LogP contribution in [0.25, 0.3) is 10.9 Å². The first kappa shape index (κ1) is 19.9. The zero-order valence-corrected chi connectivity index (χ0v) is 15.9. The Bertz CT molecular complexity index is 1010. The van der Waals surface area contributed by atoms with Crippen LogP contribution < -0.4 is 5.32 Å². The number of hydrogen-bond acceptors (Lipinski definition) is 2. The third-order valence-corrected chi connectivity index (χ3v) is 4.94. The van der Waals surface area contributed by atoms with Gasteiger partial charge in [0.2, 0.25) is 5.91 Å². The maximum Gasteiger partial charge on any atom is 0.416 e. The third kappa shape index (κ3) is 4.16. The fourth-order valence-electron chi connectivity index (χ4n) is 3.33. The fraction of sp³-hybridized carbons (Fsp3) is 0.273. The van der Waals surface area contributed by atoms with Crippen LogP contribution >= 0.6 is 0 Å². The minimum atomic E-state index is -4.37. The van der Waals surface area contributed by atoms with Gasteiger partial charge in [-0.15, -0.1) is 0 Å². The predicted octanol–water partition coefficient (Wildman–Crippen LogP) is 5.29. The molecule has 3 nitrogen and oxygen atoms in total. The van der Waals surface area contributed by atoms with Crippen molar-refractivity contribution in [1.82, 2.24) is 10.3 Å². The van der Waals surface area contributed by atoms with Crippen LogP contribution in [0.2, 0.25) is 0 Å². The summed E-state index contributed by atoms with van der Waals surface area (Å²) in [5, 5.41) is 3.86. The summed E-state index contributed by atoms with van der Waals surface area (Å²) in [6.07, 6.45) is -4.20. The summed E-state index contributed by atoms with van der Waals surface area (Å²) in [4.78, 5) is 17.1. The summed E-state index contributed by atoms with van der Waals surface area (Å²) in [7, 11) is 0. The van der Waals surface area contributed by atoms with Gasteiger partial charge in [0.25, 0.3) is 0 Å². The Hall–Kier alpha value is -2.89. The lowest BCUT2D eigenvalue weighted by atomic mass is 9.99. The molecule has 1 aromatic heterocycles.